The summed E-state index contributed by atoms with van der Waals surface area (Å²) < 4.78 is 19.3. The van der Waals surface area contributed by atoms with Gasteiger partial charge < -0.3 is 23.7 Å². The lowest BCUT2D eigenvalue weighted by Gasteiger charge is -2.32. The van der Waals surface area contributed by atoms with Crippen molar-refractivity contribution in [1.29, 1.82) is 0 Å². The number of ether oxygens (including phenoxy) is 1. The standard InChI is InChI=1S/C23H26BNO5/c1-22(2)23(3,4)30-24(29-22)17-8-11-19-16(12-17)13-20(21(26)27)25(19)14-15-6-9-18(28-5)10-7-15/h6-13H,14H2,1-5H3,(H,26,27). The van der Waals surface area contributed by atoms with E-state index in [1.54, 1.807) is 13.2 Å². The van der Waals surface area contributed by atoms with Crippen LogP contribution >= 0.6 is 0 Å². The molecule has 30 heavy (non-hydrogen) atoms. The van der Waals surface area contributed by atoms with E-state index in [4.69, 9.17) is 14.0 Å². The van der Waals surface area contributed by atoms with Gasteiger partial charge in [0.1, 0.15) is 11.4 Å². The molecular formula is C23H26BNO5. The summed E-state index contributed by atoms with van der Waals surface area (Å²) in [6.45, 7) is 8.50. The number of aromatic nitrogens is 1. The SMILES string of the molecule is COc1ccc(Cn2c(C(=O)O)cc3cc(B4OC(C)(C)C(C)(C)O4)ccc32)cc1. The molecule has 0 bridgehead atoms. The van der Waals surface area contributed by atoms with E-state index in [1.165, 1.54) is 0 Å². The van der Waals surface area contributed by atoms with Gasteiger partial charge in [-0.05, 0) is 63.0 Å². The van der Waals surface area contributed by atoms with Crippen LogP contribution in [0.25, 0.3) is 10.9 Å². The number of carbonyl (C=O) groups is 1. The highest BCUT2D eigenvalue weighted by Crippen LogP contribution is 2.36. The minimum atomic E-state index is -0.961. The first-order chi connectivity index (χ1) is 14.1. The molecule has 3 aromatic rings. The number of carboxylic acid groups (broad SMARTS) is 1. The first-order valence-electron chi connectivity index (χ1n) is 9.96. The van der Waals surface area contributed by atoms with E-state index in [9.17, 15) is 9.90 Å². The number of methoxy groups -OCH3 is 1. The summed E-state index contributed by atoms with van der Waals surface area (Å²) >= 11 is 0. The lowest BCUT2D eigenvalue weighted by molar-refractivity contribution is 0.00578. The Bertz CT molecular complexity index is 1080. The molecule has 1 fully saturated rings. The maximum absolute atomic E-state index is 11.9. The Balaban J connectivity index is 1.71. The summed E-state index contributed by atoms with van der Waals surface area (Å²) in [4.78, 5) is 11.9. The smallest absolute Gasteiger partial charge is 0.494 e. The number of hydrogen-bond acceptors (Lipinski definition) is 4. The fraction of sp³-hybridized carbons (Fsp3) is 0.348. The maximum atomic E-state index is 11.9. The molecule has 1 aromatic heterocycles. The number of fused-ring (bicyclic) bond motifs is 1. The van der Waals surface area contributed by atoms with Gasteiger partial charge in [-0.15, -0.1) is 0 Å². The first kappa shape index (κ1) is 20.5. The van der Waals surface area contributed by atoms with E-state index in [0.717, 1.165) is 27.7 Å². The molecule has 1 N–H and O–H groups in total. The molecule has 0 atom stereocenters. The largest absolute Gasteiger partial charge is 0.497 e. The highest BCUT2D eigenvalue weighted by molar-refractivity contribution is 6.62. The van der Waals surface area contributed by atoms with E-state index in [-0.39, 0.29) is 5.69 Å². The van der Waals surface area contributed by atoms with Crippen molar-refractivity contribution in [3.8, 4) is 5.75 Å². The molecule has 7 heteroatoms. The van der Waals surface area contributed by atoms with Gasteiger partial charge in [-0.2, -0.15) is 0 Å². The first-order valence-corrected chi connectivity index (χ1v) is 9.96. The van der Waals surface area contributed by atoms with Gasteiger partial charge in [0.15, 0.2) is 0 Å². The van der Waals surface area contributed by atoms with Gasteiger partial charge in [-0.25, -0.2) is 4.79 Å². The number of benzene rings is 2. The Morgan fingerprint density at radius 1 is 1.03 bits per heavy atom. The van der Waals surface area contributed by atoms with Gasteiger partial charge in [-0.1, -0.05) is 24.3 Å². The van der Waals surface area contributed by atoms with Crippen LogP contribution in [-0.2, 0) is 15.9 Å². The Kier molecular flexibility index (Phi) is 4.91. The summed E-state index contributed by atoms with van der Waals surface area (Å²) in [5.74, 6) is -0.196. The van der Waals surface area contributed by atoms with Crippen LogP contribution in [0.5, 0.6) is 5.75 Å². The fourth-order valence-electron chi connectivity index (χ4n) is 3.68. The van der Waals surface area contributed by atoms with Crippen LogP contribution in [0.15, 0.2) is 48.5 Å². The van der Waals surface area contributed by atoms with Crippen molar-refractivity contribution in [3.05, 3.63) is 59.8 Å². The average molecular weight is 407 g/mol. The van der Waals surface area contributed by atoms with Gasteiger partial charge in [0, 0.05) is 17.4 Å². The van der Waals surface area contributed by atoms with Gasteiger partial charge in [0.05, 0.1) is 18.3 Å². The van der Waals surface area contributed by atoms with Crippen molar-refractivity contribution in [3.63, 3.8) is 0 Å². The number of hydrogen-bond donors (Lipinski definition) is 1. The molecule has 1 aliphatic rings. The Labute approximate surface area is 176 Å². The summed E-state index contributed by atoms with van der Waals surface area (Å²) in [6, 6.07) is 15.2. The van der Waals surface area contributed by atoms with Crippen LogP contribution < -0.4 is 10.2 Å². The molecule has 0 unspecified atom stereocenters. The zero-order chi connectivity index (χ0) is 21.7. The summed E-state index contributed by atoms with van der Waals surface area (Å²) in [5.41, 5.74) is 2.10. The monoisotopic (exact) mass is 407 g/mol. The third-order valence-electron chi connectivity index (χ3n) is 6.17. The molecule has 0 radical (unpaired) electrons. The second-order valence-electron chi connectivity index (χ2n) is 8.68. The predicted molar refractivity (Wildman–Crippen MR) is 117 cm³/mol. The predicted octanol–water partition coefficient (Wildman–Crippen LogP) is 3.70. The summed E-state index contributed by atoms with van der Waals surface area (Å²) in [6.07, 6.45) is 0. The molecule has 2 aromatic carbocycles. The molecule has 0 amide bonds. The van der Waals surface area contributed by atoms with Gasteiger partial charge >= 0.3 is 13.1 Å². The van der Waals surface area contributed by atoms with Crippen molar-refractivity contribution < 1.29 is 23.9 Å². The molecule has 156 valence electrons. The summed E-state index contributed by atoms with van der Waals surface area (Å²) in [7, 11) is 1.13. The van der Waals surface area contributed by atoms with Crippen LogP contribution in [-0.4, -0.2) is 41.1 Å². The van der Waals surface area contributed by atoms with Gasteiger partial charge in [0.25, 0.3) is 0 Å². The quantitative estimate of drug-likeness (QED) is 0.654. The van der Waals surface area contributed by atoms with Crippen molar-refractivity contribution in [2.45, 2.75) is 45.4 Å². The fourth-order valence-corrected chi connectivity index (χ4v) is 3.68. The zero-order valence-corrected chi connectivity index (χ0v) is 17.9. The van der Waals surface area contributed by atoms with E-state index >= 15 is 0 Å². The Morgan fingerprint density at radius 2 is 1.67 bits per heavy atom. The van der Waals surface area contributed by atoms with E-state index in [1.807, 2.05) is 74.7 Å². The normalized spacial score (nSPS) is 17.4. The third kappa shape index (κ3) is 3.48. The van der Waals surface area contributed by atoms with Crippen LogP contribution in [0, 0.1) is 0 Å². The highest BCUT2D eigenvalue weighted by Gasteiger charge is 2.51. The number of nitrogens with zero attached hydrogens (tertiary/aromatic N) is 1. The molecule has 4 rings (SSSR count). The second-order valence-corrected chi connectivity index (χ2v) is 8.68. The molecule has 0 aliphatic carbocycles. The molecule has 0 spiro atoms. The molecule has 0 saturated carbocycles. The molecular weight excluding hydrogens is 381 g/mol. The Hall–Kier alpha value is -2.77. The van der Waals surface area contributed by atoms with Crippen LogP contribution in [0.2, 0.25) is 0 Å². The van der Waals surface area contributed by atoms with Gasteiger partial charge in [0.2, 0.25) is 0 Å². The van der Waals surface area contributed by atoms with Crippen LogP contribution in [0.1, 0.15) is 43.7 Å². The van der Waals surface area contributed by atoms with E-state index in [0.29, 0.717) is 6.54 Å². The molecule has 1 aliphatic heterocycles. The van der Waals surface area contributed by atoms with Crippen LogP contribution in [0.4, 0.5) is 0 Å². The van der Waals surface area contributed by atoms with Crippen molar-refractivity contribution in [2.75, 3.05) is 7.11 Å². The third-order valence-corrected chi connectivity index (χ3v) is 6.17. The van der Waals surface area contributed by atoms with Crippen molar-refractivity contribution in [2.24, 2.45) is 0 Å². The lowest BCUT2D eigenvalue weighted by atomic mass is 9.78. The van der Waals surface area contributed by atoms with E-state index < -0.39 is 24.3 Å². The lowest BCUT2D eigenvalue weighted by Crippen LogP contribution is -2.41. The Morgan fingerprint density at radius 3 is 2.23 bits per heavy atom. The van der Waals surface area contributed by atoms with E-state index in [2.05, 4.69) is 0 Å². The maximum Gasteiger partial charge on any atom is 0.494 e. The molecule has 2 heterocycles. The molecule has 1 saturated heterocycles. The number of aromatic carboxylic acids is 1. The zero-order valence-electron chi connectivity index (χ0n) is 17.9. The van der Waals surface area contributed by atoms with Crippen LogP contribution in [0.3, 0.4) is 0 Å². The second kappa shape index (κ2) is 7.18. The average Bonchev–Trinajstić information content (AvgIpc) is 3.15. The van der Waals surface area contributed by atoms with Crippen molar-refractivity contribution >= 4 is 29.5 Å². The number of carboxylic acids is 1. The minimum absolute atomic E-state index is 0.242. The highest BCUT2D eigenvalue weighted by atomic mass is 16.7. The number of rotatable bonds is 5. The topological polar surface area (TPSA) is 69.9 Å². The van der Waals surface area contributed by atoms with Gasteiger partial charge in [-0.3, -0.25) is 0 Å². The van der Waals surface area contributed by atoms with Crippen molar-refractivity contribution in [1.82, 2.24) is 4.57 Å². The minimum Gasteiger partial charge on any atom is -0.497 e. The summed E-state index contributed by atoms with van der Waals surface area (Å²) in [5, 5.41) is 10.6. The molecule has 6 nitrogen and oxygen atoms in total.